The number of benzene rings is 3. The van der Waals surface area contributed by atoms with E-state index < -0.39 is 18.4 Å². The van der Waals surface area contributed by atoms with Crippen LogP contribution in [0.5, 0.6) is 0 Å². The Morgan fingerprint density at radius 3 is 1.26 bits per heavy atom. The fraction of sp³-hybridized carbons (Fsp3) is 0.0909. The van der Waals surface area contributed by atoms with Gasteiger partial charge in [-0.2, -0.15) is 0 Å². The molecule has 0 aromatic heterocycles. The van der Waals surface area contributed by atoms with E-state index in [2.05, 4.69) is 108 Å². The van der Waals surface area contributed by atoms with Crippen LogP contribution < -0.4 is 10.7 Å². The maximum absolute atomic E-state index is 3.09. The Hall–Kier alpha value is -1.80. The van der Waals surface area contributed by atoms with Crippen LogP contribution in [0.25, 0.3) is 0 Å². The molecule has 1 heteroatoms. The zero-order chi connectivity index (χ0) is 16.0. The van der Waals surface area contributed by atoms with Gasteiger partial charge in [0.05, 0.1) is 0 Å². The van der Waals surface area contributed by atoms with E-state index in [0.717, 1.165) is 6.42 Å². The Labute approximate surface area is 143 Å². The van der Waals surface area contributed by atoms with Gasteiger partial charge in [-0.3, -0.25) is 0 Å². The monoisotopic (exact) mass is 406 g/mol. The van der Waals surface area contributed by atoms with E-state index in [-0.39, 0.29) is 0 Å². The molecule has 0 heterocycles. The van der Waals surface area contributed by atoms with Crippen LogP contribution in [0.1, 0.15) is 13.3 Å². The third-order valence-electron chi connectivity index (χ3n) is 4.29. The van der Waals surface area contributed by atoms with Gasteiger partial charge in [0.2, 0.25) is 0 Å². The molecule has 0 unspecified atom stereocenters. The first-order valence-electron chi connectivity index (χ1n) is 8.22. The molecule has 0 aliphatic carbocycles. The number of rotatable bonds is 5. The van der Waals surface area contributed by atoms with Gasteiger partial charge in [0, 0.05) is 0 Å². The van der Waals surface area contributed by atoms with Gasteiger partial charge in [0.25, 0.3) is 0 Å². The molecule has 0 aliphatic rings. The van der Waals surface area contributed by atoms with Crippen LogP contribution >= 0.6 is 0 Å². The van der Waals surface area contributed by atoms with Crippen molar-refractivity contribution >= 4 is 29.1 Å². The summed E-state index contributed by atoms with van der Waals surface area (Å²) in [5.41, 5.74) is 0. The van der Waals surface area contributed by atoms with Crippen molar-refractivity contribution in [3.05, 3.63) is 101 Å². The second kappa shape index (κ2) is 7.65. The summed E-state index contributed by atoms with van der Waals surface area (Å²) in [6, 6.07) is 33.3. The third kappa shape index (κ3) is 3.27. The normalized spacial score (nSPS) is 11.7. The van der Waals surface area contributed by atoms with Crippen LogP contribution in [-0.2, 0) is 0 Å². The molecular weight excluding hydrogens is 383 g/mol. The maximum atomic E-state index is 2.56. The molecule has 3 rings (SSSR count). The summed E-state index contributed by atoms with van der Waals surface area (Å²) >= 11 is -3.09. The summed E-state index contributed by atoms with van der Waals surface area (Å²) in [5.74, 6) is 0. The van der Waals surface area contributed by atoms with Crippen LogP contribution in [0, 0.1) is 0 Å². The molecule has 0 bridgehead atoms. The summed E-state index contributed by atoms with van der Waals surface area (Å²) < 4.78 is 7.08. The van der Waals surface area contributed by atoms with Crippen molar-refractivity contribution in [2.24, 2.45) is 0 Å². The van der Waals surface area contributed by atoms with Crippen LogP contribution in [0.2, 0.25) is 0 Å². The van der Waals surface area contributed by atoms with E-state index in [1.54, 1.807) is 0 Å². The summed E-state index contributed by atoms with van der Waals surface area (Å²) in [5, 5.41) is 0. The first kappa shape index (κ1) is 16.1. The van der Waals surface area contributed by atoms with Gasteiger partial charge < -0.3 is 0 Å². The van der Waals surface area contributed by atoms with E-state index in [0.29, 0.717) is 0 Å². The molecule has 0 spiro atoms. The minimum absolute atomic E-state index is 1.07. The van der Waals surface area contributed by atoms with Crippen molar-refractivity contribution in [3.8, 4) is 0 Å². The average Bonchev–Trinajstić information content (AvgIpc) is 2.65. The average molecular weight is 405 g/mol. The predicted molar refractivity (Wildman–Crippen MR) is 103 cm³/mol. The Balaban J connectivity index is 2.33. The Morgan fingerprint density at radius 2 is 0.957 bits per heavy atom. The van der Waals surface area contributed by atoms with Gasteiger partial charge in [-0.25, -0.2) is 0 Å². The fourth-order valence-electron chi connectivity index (χ4n) is 3.19. The van der Waals surface area contributed by atoms with Gasteiger partial charge in [0.15, 0.2) is 0 Å². The summed E-state index contributed by atoms with van der Waals surface area (Å²) in [4.78, 5) is 0. The molecule has 0 radical (unpaired) electrons. The van der Waals surface area contributed by atoms with Crippen molar-refractivity contribution < 1.29 is 0 Å². The summed E-state index contributed by atoms with van der Waals surface area (Å²) in [6.07, 6.45) is 3.44. The van der Waals surface area contributed by atoms with Crippen molar-refractivity contribution in [3.63, 3.8) is 0 Å². The van der Waals surface area contributed by atoms with Crippen LogP contribution in [-0.4, -0.2) is 18.4 Å². The summed E-state index contributed by atoms with van der Waals surface area (Å²) in [7, 11) is 0. The molecule has 0 fully saturated rings. The Morgan fingerprint density at radius 1 is 0.609 bits per heavy atom. The van der Waals surface area contributed by atoms with Crippen LogP contribution in [0.4, 0.5) is 0 Å². The van der Waals surface area contributed by atoms with Crippen LogP contribution in [0.15, 0.2) is 101 Å². The molecule has 0 nitrogen and oxygen atoms in total. The van der Waals surface area contributed by atoms with Gasteiger partial charge in [-0.15, -0.1) is 0 Å². The van der Waals surface area contributed by atoms with Gasteiger partial charge in [-0.1, -0.05) is 0 Å². The molecule has 0 amide bonds. The summed E-state index contributed by atoms with van der Waals surface area (Å²) in [6.45, 7) is 2.22. The molecule has 0 saturated carbocycles. The van der Waals surface area contributed by atoms with Crippen molar-refractivity contribution in [2.45, 2.75) is 13.3 Å². The molecule has 0 saturated heterocycles. The zero-order valence-corrected chi connectivity index (χ0v) is 16.4. The first-order chi connectivity index (χ1) is 11.4. The molecule has 0 aliphatic heterocycles. The number of hydrogen-bond acceptors (Lipinski definition) is 0. The van der Waals surface area contributed by atoms with Crippen LogP contribution in [0.3, 0.4) is 0 Å². The van der Waals surface area contributed by atoms with Crippen molar-refractivity contribution in [1.82, 2.24) is 0 Å². The molecule has 23 heavy (non-hydrogen) atoms. The first-order valence-corrected chi connectivity index (χ1v) is 14.1. The fourth-order valence-corrected chi connectivity index (χ4v) is 15.5. The topological polar surface area (TPSA) is 0 Å². The van der Waals surface area contributed by atoms with Gasteiger partial charge in [0.1, 0.15) is 0 Å². The molecular formula is C22H22Sn. The molecule has 0 N–H and O–H groups in total. The second-order valence-corrected chi connectivity index (χ2v) is 16.2. The van der Waals surface area contributed by atoms with E-state index in [9.17, 15) is 0 Å². The predicted octanol–water partition coefficient (Wildman–Crippen LogP) is 3.66. The SMILES string of the molecule is CC/C=[CH]\[Sn]([c]1ccccc1)([c]1ccccc1)[c]1ccccc1. The third-order valence-corrected chi connectivity index (χ3v) is 17.0. The standard InChI is InChI=1S/3C6H5.C4H7.Sn/c3*1-2-4-6-5-3-1;1-3-4-2;/h3*1-5H;1,3H,4H2,2H3;. The minimum atomic E-state index is -3.09. The molecule has 114 valence electrons. The molecule has 3 aromatic carbocycles. The van der Waals surface area contributed by atoms with E-state index in [1.807, 2.05) is 0 Å². The molecule has 3 aromatic rings. The second-order valence-electron chi connectivity index (χ2n) is 5.72. The quantitative estimate of drug-likeness (QED) is 0.569. The number of allylic oxidation sites excluding steroid dienone is 1. The van der Waals surface area contributed by atoms with Crippen molar-refractivity contribution in [1.29, 1.82) is 0 Å². The van der Waals surface area contributed by atoms with Gasteiger partial charge in [-0.05, 0) is 0 Å². The van der Waals surface area contributed by atoms with Gasteiger partial charge >= 0.3 is 144 Å². The molecule has 0 atom stereocenters. The van der Waals surface area contributed by atoms with E-state index >= 15 is 0 Å². The Bertz CT molecular complexity index is 649. The van der Waals surface area contributed by atoms with Crippen molar-refractivity contribution in [2.75, 3.05) is 0 Å². The van der Waals surface area contributed by atoms with E-state index in [1.165, 1.54) is 10.7 Å². The Kier molecular flexibility index (Phi) is 5.34. The number of hydrogen-bond donors (Lipinski definition) is 0. The van der Waals surface area contributed by atoms with E-state index in [4.69, 9.17) is 0 Å². The zero-order valence-electron chi connectivity index (χ0n) is 13.5.